The van der Waals surface area contributed by atoms with Crippen molar-refractivity contribution in [2.45, 2.75) is 63.5 Å². The second kappa shape index (κ2) is 15.0. The van der Waals surface area contributed by atoms with E-state index in [1.807, 2.05) is 42.5 Å². The van der Waals surface area contributed by atoms with Gasteiger partial charge < -0.3 is 24.5 Å². The van der Waals surface area contributed by atoms with Crippen LogP contribution in [0.4, 0.5) is 4.79 Å². The highest BCUT2D eigenvalue weighted by molar-refractivity contribution is 7.99. The molecule has 1 amide bonds. The molecule has 1 fully saturated rings. The Morgan fingerprint density at radius 2 is 2.00 bits per heavy atom. The van der Waals surface area contributed by atoms with Crippen molar-refractivity contribution in [2.24, 2.45) is 5.92 Å². The van der Waals surface area contributed by atoms with Crippen LogP contribution in [0, 0.1) is 5.92 Å². The highest BCUT2D eigenvalue weighted by Crippen LogP contribution is 2.15. The monoisotopic (exact) mass is 502 g/mol. The number of thioether (sulfide) groups is 1. The molecule has 1 aliphatic heterocycles. The minimum absolute atomic E-state index is 0.00558. The van der Waals surface area contributed by atoms with Crippen LogP contribution in [0.15, 0.2) is 53.1 Å². The maximum atomic E-state index is 13.1. The van der Waals surface area contributed by atoms with Gasteiger partial charge in [0, 0.05) is 19.2 Å². The van der Waals surface area contributed by atoms with Crippen molar-refractivity contribution in [1.82, 2.24) is 10.6 Å². The molecule has 7 nitrogen and oxygen atoms in total. The number of amides is 1. The summed E-state index contributed by atoms with van der Waals surface area (Å²) in [4.78, 5) is 25.6. The van der Waals surface area contributed by atoms with Crippen LogP contribution < -0.4 is 10.6 Å². The molecule has 1 saturated heterocycles. The quantitative estimate of drug-likeness (QED) is 0.368. The first-order valence-corrected chi connectivity index (χ1v) is 13.6. The zero-order valence-corrected chi connectivity index (χ0v) is 21.6. The average Bonchev–Trinajstić information content (AvgIpc) is 3.55. The number of alkyl carbamates (subject to hydrolysis) is 1. The van der Waals surface area contributed by atoms with E-state index < -0.39 is 6.09 Å². The number of benzene rings is 1. The van der Waals surface area contributed by atoms with Gasteiger partial charge in [0.1, 0.15) is 12.4 Å². The van der Waals surface area contributed by atoms with Crippen molar-refractivity contribution < 1.29 is 23.5 Å². The molecule has 3 atom stereocenters. The van der Waals surface area contributed by atoms with Crippen molar-refractivity contribution in [3.05, 3.63) is 60.1 Å². The summed E-state index contributed by atoms with van der Waals surface area (Å²) in [5.41, 5.74) is 1.10. The minimum atomic E-state index is -0.437. The van der Waals surface area contributed by atoms with E-state index in [1.54, 1.807) is 18.0 Å². The van der Waals surface area contributed by atoms with Crippen LogP contribution in [0.1, 0.15) is 44.4 Å². The molecule has 1 aliphatic rings. The van der Waals surface area contributed by atoms with E-state index >= 15 is 0 Å². The summed E-state index contributed by atoms with van der Waals surface area (Å²) >= 11 is 1.55. The van der Waals surface area contributed by atoms with Gasteiger partial charge in [0.15, 0.2) is 5.78 Å². The highest BCUT2D eigenvalue weighted by Gasteiger charge is 2.23. The Kier molecular flexibility index (Phi) is 11.7. The molecule has 2 heterocycles. The molecule has 0 bridgehead atoms. The molecule has 8 heteroatoms. The molecule has 2 N–H and O–H groups in total. The van der Waals surface area contributed by atoms with E-state index in [1.165, 1.54) is 0 Å². The van der Waals surface area contributed by atoms with E-state index in [4.69, 9.17) is 13.9 Å². The molecule has 0 spiro atoms. The molecule has 192 valence electrons. The van der Waals surface area contributed by atoms with Crippen LogP contribution in [0.25, 0.3) is 0 Å². The third-order valence-corrected chi connectivity index (χ3v) is 6.83. The van der Waals surface area contributed by atoms with Crippen molar-refractivity contribution in [3.8, 4) is 0 Å². The summed E-state index contributed by atoms with van der Waals surface area (Å²) in [5.74, 6) is 2.42. The van der Waals surface area contributed by atoms with Crippen molar-refractivity contribution in [1.29, 1.82) is 0 Å². The fourth-order valence-electron chi connectivity index (χ4n) is 4.10. The Morgan fingerprint density at radius 1 is 1.17 bits per heavy atom. The lowest BCUT2D eigenvalue weighted by Gasteiger charge is -2.25. The summed E-state index contributed by atoms with van der Waals surface area (Å²) < 4.78 is 16.3. The van der Waals surface area contributed by atoms with Crippen LogP contribution in [-0.2, 0) is 26.4 Å². The van der Waals surface area contributed by atoms with E-state index in [0.29, 0.717) is 30.4 Å². The number of rotatable bonds is 15. The lowest BCUT2D eigenvalue weighted by Crippen LogP contribution is -2.49. The molecule has 1 aromatic heterocycles. The molecule has 3 rings (SSSR count). The number of furan rings is 1. The Labute approximate surface area is 212 Å². The lowest BCUT2D eigenvalue weighted by molar-refractivity contribution is -0.118. The van der Waals surface area contributed by atoms with Crippen molar-refractivity contribution >= 4 is 23.6 Å². The molecular formula is C27H38N2O5S. The van der Waals surface area contributed by atoms with Gasteiger partial charge in [-0.15, -0.1) is 11.8 Å². The smallest absolute Gasteiger partial charge is 0.407 e. The molecule has 0 radical (unpaired) electrons. The maximum absolute atomic E-state index is 13.1. The first-order chi connectivity index (χ1) is 17.0. The average molecular weight is 503 g/mol. The van der Waals surface area contributed by atoms with E-state index in [2.05, 4.69) is 24.5 Å². The minimum Gasteiger partial charge on any atom is -0.468 e. The number of hydrogen-bond donors (Lipinski definition) is 2. The van der Waals surface area contributed by atoms with Crippen molar-refractivity contribution in [2.75, 3.05) is 25.5 Å². The van der Waals surface area contributed by atoms with Gasteiger partial charge in [-0.3, -0.25) is 4.79 Å². The molecule has 0 aliphatic carbocycles. The fraction of sp³-hybridized carbons (Fsp3) is 0.556. The SMILES string of the molecule is CC(C)CC(CNC(Cc1ccccc1)C(=O)CSCc1ccco1)NC(=O)OCC1CCCO1. The van der Waals surface area contributed by atoms with Gasteiger partial charge in [0.25, 0.3) is 0 Å². The number of hydrogen-bond acceptors (Lipinski definition) is 7. The van der Waals surface area contributed by atoms with Gasteiger partial charge in [-0.2, -0.15) is 0 Å². The van der Waals surface area contributed by atoms with E-state index in [9.17, 15) is 9.59 Å². The van der Waals surface area contributed by atoms with Crippen LogP contribution >= 0.6 is 11.8 Å². The van der Waals surface area contributed by atoms with E-state index in [-0.39, 0.29) is 30.6 Å². The fourth-order valence-corrected chi connectivity index (χ4v) is 4.97. The molecule has 1 aromatic carbocycles. The largest absolute Gasteiger partial charge is 0.468 e. The number of carbonyl (C=O) groups excluding carboxylic acids is 2. The van der Waals surface area contributed by atoms with Gasteiger partial charge >= 0.3 is 6.09 Å². The summed E-state index contributed by atoms with van der Waals surface area (Å²) in [6.07, 6.45) is 4.50. The Morgan fingerprint density at radius 3 is 2.69 bits per heavy atom. The number of nitrogens with one attached hydrogen (secondary N) is 2. The van der Waals surface area contributed by atoms with Crippen LogP contribution in [0.2, 0.25) is 0 Å². The number of carbonyl (C=O) groups is 2. The zero-order valence-electron chi connectivity index (χ0n) is 20.7. The Bertz CT molecular complexity index is 869. The summed E-state index contributed by atoms with van der Waals surface area (Å²) in [6.45, 7) is 5.72. The van der Waals surface area contributed by atoms with Gasteiger partial charge in [0.05, 0.1) is 29.9 Å². The standard InChI is InChI=1S/C27H38N2O5S/c1-20(2)14-22(29-27(31)34-17-23-10-6-12-32-23)16-28-25(15-21-8-4-3-5-9-21)26(30)19-35-18-24-11-7-13-33-24/h3-5,7-9,11,13,20,22-23,25,28H,6,10,12,14-19H2,1-2H3,(H,29,31). The zero-order chi connectivity index (χ0) is 24.9. The predicted molar refractivity (Wildman–Crippen MR) is 139 cm³/mol. The third kappa shape index (κ3) is 10.5. The first kappa shape index (κ1) is 27.3. The third-order valence-electron chi connectivity index (χ3n) is 5.85. The van der Waals surface area contributed by atoms with Crippen LogP contribution in [0.3, 0.4) is 0 Å². The Hall–Kier alpha value is -2.29. The van der Waals surface area contributed by atoms with Crippen molar-refractivity contribution in [3.63, 3.8) is 0 Å². The summed E-state index contributed by atoms with van der Waals surface area (Å²) in [6, 6.07) is 13.3. The van der Waals surface area contributed by atoms with Gasteiger partial charge in [-0.05, 0) is 49.3 Å². The lowest BCUT2D eigenvalue weighted by atomic mass is 10.0. The van der Waals surface area contributed by atoms with Gasteiger partial charge in [-0.25, -0.2) is 4.79 Å². The summed E-state index contributed by atoms with van der Waals surface area (Å²) in [5, 5.41) is 6.42. The first-order valence-electron chi connectivity index (χ1n) is 12.4. The topological polar surface area (TPSA) is 89.8 Å². The number of Topliss-reactive ketones (excluding diaryl/α,β-unsaturated/α-hetero) is 1. The highest BCUT2D eigenvalue weighted by atomic mass is 32.2. The summed E-state index contributed by atoms with van der Waals surface area (Å²) in [7, 11) is 0. The van der Waals surface area contributed by atoms with Gasteiger partial charge in [-0.1, -0.05) is 44.2 Å². The number of ether oxygens (including phenoxy) is 2. The molecule has 35 heavy (non-hydrogen) atoms. The predicted octanol–water partition coefficient (Wildman–Crippen LogP) is 4.60. The van der Waals surface area contributed by atoms with Crippen LogP contribution in [-0.4, -0.2) is 55.6 Å². The van der Waals surface area contributed by atoms with Gasteiger partial charge in [0.2, 0.25) is 0 Å². The molecule has 2 aromatic rings. The molecule has 0 saturated carbocycles. The van der Waals surface area contributed by atoms with Crippen LogP contribution in [0.5, 0.6) is 0 Å². The Balaban J connectivity index is 1.54. The second-order valence-corrected chi connectivity index (χ2v) is 10.4. The molecular weight excluding hydrogens is 464 g/mol. The second-order valence-electron chi connectivity index (χ2n) is 9.39. The van der Waals surface area contributed by atoms with E-state index in [0.717, 1.165) is 37.2 Å². The molecule has 3 unspecified atom stereocenters. The normalized spacial score (nSPS) is 17.3. The maximum Gasteiger partial charge on any atom is 0.407 e. The number of ketones is 1.